The largest absolute Gasteiger partial charge is 0.481 e. The molecule has 4 aliphatic carbocycles. The van der Waals surface area contributed by atoms with Gasteiger partial charge in [0.25, 0.3) is 5.91 Å². The second kappa shape index (κ2) is 4.32. The Morgan fingerprint density at radius 3 is 2.75 bits per heavy atom. The van der Waals surface area contributed by atoms with Crippen molar-refractivity contribution in [3.05, 3.63) is 35.7 Å². The molecule has 1 aromatic carbocycles. The van der Waals surface area contributed by atoms with E-state index in [2.05, 4.69) is 15.3 Å². The van der Waals surface area contributed by atoms with Gasteiger partial charge in [0.1, 0.15) is 5.52 Å². The van der Waals surface area contributed by atoms with E-state index in [1.165, 1.54) is 0 Å². The Labute approximate surface area is 138 Å². The molecule has 3 atom stereocenters. The second-order valence-electron chi connectivity index (χ2n) is 7.32. The zero-order valence-electron chi connectivity index (χ0n) is 13.2. The molecule has 4 saturated carbocycles. The summed E-state index contributed by atoms with van der Waals surface area (Å²) >= 11 is 0. The molecule has 4 bridgehead atoms. The van der Waals surface area contributed by atoms with Crippen LogP contribution in [-0.2, 0) is 4.79 Å². The summed E-state index contributed by atoms with van der Waals surface area (Å²) in [6.07, 6.45) is 3.49. The van der Waals surface area contributed by atoms with Crippen LogP contribution in [0.4, 0.5) is 0 Å². The van der Waals surface area contributed by atoms with Gasteiger partial charge in [0, 0.05) is 12.2 Å². The van der Waals surface area contributed by atoms with Crippen molar-refractivity contribution in [2.75, 3.05) is 0 Å². The smallest absolute Gasteiger partial charge is 0.312 e. The molecule has 0 aliphatic heterocycles. The molecule has 1 heterocycles. The minimum absolute atomic E-state index is 0.248. The summed E-state index contributed by atoms with van der Waals surface area (Å²) in [5, 5.41) is 12.7. The van der Waals surface area contributed by atoms with Gasteiger partial charge in [-0.05, 0) is 49.7 Å². The van der Waals surface area contributed by atoms with Crippen molar-refractivity contribution in [2.24, 2.45) is 23.2 Å². The van der Waals surface area contributed by atoms with Crippen molar-refractivity contribution < 1.29 is 14.7 Å². The summed E-state index contributed by atoms with van der Waals surface area (Å²) in [6, 6.07) is 5.08. The normalized spacial score (nSPS) is 35.2. The van der Waals surface area contributed by atoms with Crippen molar-refractivity contribution in [1.29, 1.82) is 0 Å². The molecule has 6 rings (SSSR count). The highest BCUT2D eigenvalue weighted by Crippen LogP contribution is 2.79. The molecule has 0 saturated heterocycles. The molecule has 4 aliphatic rings. The van der Waals surface area contributed by atoms with Gasteiger partial charge in [-0.15, -0.1) is 0 Å². The lowest BCUT2D eigenvalue weighted by atomic mass is 9.97. The Kier molecular flexibility index (Phi) is 2.50. The molecule has 3 unspecified atom stereocenters. The van der Waals surface area contributed by atoms with Crippen LogP contribution in [0.2, 0.25) is 0 Å². The van der Waals surface area contributed by atoms with E-state index in [1.807, 2.05) is 13.0 Å². The Hall–Kier alpha value is -2.50. The number of hydrogen-bond acceptors (Lipinski definition) is 4. The number of hydrogen-bond donors (Lipinski definition) is 2. The topological polar surface area (TPSA) is 92.2 Å². The van der Waals surface area contributed by atoms with Gasteiger partial charge >= 0.3 is 5.97 Å². The van der Waals surface area contributed by atoms with E-state index in [0.29, 0.717) is 22.5 Å². The van der Waals surface area contributed by atoms with Crippen LogP contribution >= 0.6 is 0 Å². The molecule has 2 N–H and O–H groups in total. The first kappa shape index (κ1) is 13.9. The monoisotopic (exact) mass is 323 g/mol. The van der Waals surface area contributed by atoms with Gasteiger partial charge in [-0.2, -0.15) is 0 Å². The lowest BCUT2D eigenvalue weighted by molar-refractivity contribution is -0.144. The van der Waals surface area contributed by atoms with Gasteiger partial charge in [-0.25, -0.2) is 4.98 Å². The number of para-hydroxylation sites is 1. The van der Waals surface area contributed by atoms with Crippen LogP contribution in [0.3, 0.4) is 0 Å². The van der Waals surface area contributed by atoms with E-state index in [0.717, 1.165) is 18.5 Å². The zero-order chi connectivity index (χ0) is 16.6. The average Bonchev–Trinajstić information content (AvgIpc) is 2.89. The first-order chi connectivity index (χ1) is 11.5. The Morgan fingerprint density at radius 2 is 2.04 bits per heavy atom. The summed E-state index contributed by atoms with van der Waals surface area (Å²) in [6.45, 7) is 1.86. The number of carboxylic acids is 1. The van der Waals surface area contributed by atoms with Gasteiger partial charge in [-0.3, -0.25) is 14.6 Å². The number of aromatic nitrogens is 2. The highest BCUT2D eigenvalue weighted by molar-refractivity contribution is 6.05. The number of carbonyl (C=O) groups excluding carboxylic acids is 1. The van der Waals surface area contributed by atoms with Crippen LogP contribution in [-0.4, -0.2) is 33.0 Å². The summed E-state index contributed by atoms with van der Waals surface area (Å²) in [5.74, 6) is -0.206. The molecule has 6 nitrogen and oxygen atoms in total. The Bertz CT molecular complexity index is 898. The zero-order valence-corrected chi connectivity index (χ0v) is 13.2. The van der Waals surface area contributed by atoms with Crippen LogP contribution in [0.25, 0.3) is 11.0 Å². The first-order valence-corrected chi connectivity index (χ1v) is 8.30. The number of carbonyl (C=O) groups is 2. The maximum absolute atomic E-state index is 12.8. The minimum atomic E-state index is -0.754. The van der Waals surface area contributed by atoms with E-state index >= 15 is 0 Å². The molecule has 24 heavy (non-hydrogen) atoms. The number of fused-ring (bicyclic) bond motifs is 1. The SMILES string of the molecule is Cc1cnc2c(C(=O)NC3C4CC5C(C4)C53C(=O)O)cccc2n1. The highest BCUT2D eigenvalue weighted by Gasteiger charge is 2.83. The third-order valence-corrected chi connectivity index (χ3v) is 6.30. The molecule has 1 aromatic heterocycles. The van der Waals surface area contributed by atoms with Crippen molar-refractivity contribution >= 4 is 22.9 Å². The number of nitrogens with zero attached hydrogens (tertiary/aromatic N) is 2. The van der Waals surface area contributed by atoms with Crippen molar-refractivity contribution in [2.45, 2.75) is 25.8 Å². The van der Waals surface area contributed by atoms with E-state index in [1.54, 1.807) is 18.3 Å². The van der Waals surface area contributed by atoms with Crippen molar-refractivity contribution in [3.8, 4) is 0 Å². The number of benzene rings is 1. The lowest BCUT2D eigenvalue weighted by Gasteiger charge is -2.22. The van der Waals surface area contributed by atoms with Crippen LogP contribution in [0.1, 0.15) is 28.9 Å². The van der Waals surface area contributed by atoms with Gasteiger partial charge in [0.15, 0.2) is 0 Å². The maximum atomic E-state index is 12.8. The van der Waals surface area contributed by atoms with E-state index < -0.39 is 11.4 Å². The quantitative estimate of drug-likeness (QED) is 0.898. The fourth-order valence-electron chi connectivity index (χ4n) is 5.38. The Balaban J connectivity index is 1.49. The Morgan fingerprint density at radius 1 is 1.29 bits per heavy atom. The molecule has 0 spiro atoms. The standard InChI is InChI=1S/C18H17N3O3/c1-8-7-19-14-10(3-2-4-13(14)20-8)16(22)21-15-9-5-11-12(6-9)18(11,15)17(23)24/h2-4,7,9,11-12,15H,5-6H2,1H3,(H,21,22)(H,23,24). The summed E-state index contributed by atoms with van der Waals surface area (Å²) in [7, 11) is 0. The molecule has 2 aromatic rings. The average molecular weight is 323 g/mol. The molecule has 0 radical (unpaired) electrons. The van der Waals surface area contributed by atoms with Crippen molar-refractivity contribution in [3.63, 3.8) is 0 Å². The number of aliphatic carboxylic acids is 1. The molecule has 122 valence electrons. The number of carboxylic acid groups (broad SMARTS) is 1. The summed E-state index contributed by atoms with van der Waals surface area (Å²) < 4.78 is 0. The first-order valence-electron chi connectivity index (χ1n) is 8.30. The highest BCUT2D eigenvalue weighted by atomic mass is 16.4. The summed E-state index contributed by atoms with van der Waals surface area (Å²) in [5.41, 5.74) is 1.77. The van der Waals surface area contributed by atoms with Crippen molar-refractivity contribution in [1.82, 2.24) is 15.3 Å². The minimum Gasteiger partial charge on any atom is -0.481 e. The van der Waals surface area contributed by atoms with E-state index in [-0.39, 0.29) is 23.8 Å². The maximum Gasteiger partial charge on any atom is 0.312 e. The number of amides is 1. The molecular weight excluding hydrogens is 306 g/mol. The van der Waals surface area contributed by atoms with Crippen LogP contribution in [0.5, 0.6) is 0 Å². The third-order valence-electron chi connectivity index (χ3n) is 6.30. The molecule has 4 fully saturated rings. The van der Waals surface area contributed by atoms with E-state index in [9.17, 15) is 14.7 Å². The number of aryl methyl sites for hydroxylation is 1. The van der Waals surface area contributed by atoms with Crippen LogP contribution in [0.15, 0.2) is 24.4 Å². The number of nitrogens with one attached hydrogen (secondary N) is 1. The predicted octanol–water partition coefficient (Wildman–Crippen LogP) is 1.78. The fourth-order valence-corrected chi connectivity index (χ4v) is 5.38. The molecular formula is C18H17N3O3. The van der Waals surface area contributed by atoms with Crippen LogP contribution in [0, 0.1) is 30.1 Å². The lowest BCUT2D eigenvalue weighted by Crippen LogP contribution is -2.44. The second-order valence-corrected chi connectivity index (χ2v) is 7.32. The predicted molar refractivity (Wildman–Crippen MR) is 85.3 cm³/mol. The van der Waals surface area contributed by atoms with Gasteiger partial charge in [0.05, 0.1) is 22.2 Å². The third kappa shape index (κ3) is 1.51. The molecule has 6 heteroatoms. The van der Waals surface area contributed by atoms with Crippen LogP contribution < -0.4 is 5.32 Å². The number of rotatable bonds is 3. The molecule has 1 amide bonds. The summed E-state index contributed by atoms with van der Waals surface area (Å²) in [4.78, 5) is 33.4. The van der Waals surface area contributed by atoms with E-state index in [4.69, 9.17) is 0 Å². The van der Waals surface area contributed by atoms with Gasteiger partial charge in [0.2, 0.25) is 0 Å². The van der Waals surface area contributed by atoms with Gasteiger partial charge in [-0.1, -0.05) is 6.07 Å². The van der Waals surface area contributed by atoms with Gasteiger partial charge < -0.3 is 10.4 Å². The fraction of sp³-hybridized carbons (Fsp3) is 0.444.